The van der Waals surface area contributed by atoms with Gasteiger partial charge in [0, 0.05) is 16.8 Å². The number of amides is 1. The van der Waals surface area contributed by atoms with Crippen LogP contribution in [0.15, 0.2) is 106 Å². The number of benzene rings is 3. The van der Waals surface area contributed by atoms with Gasteiger partial charge in [0.2, 0.25) is 0 Å². The van der Waals surface area contributed by atoms with Crippen molar-refractivity contribution in [1.29, 1.82) is 0 Å². The van der Waals surface area contributed by atoms with Crippen molar-refractivity contribution < 1.29 is 23.7 Å². The Labute approximate surface area is 204 Å². The molecule has 3 heterocycles. The number of aromatic nitrogens is 2. The van der Waals surface area contributed by atoms with Crippen LogP contribution in [0.5, 0.6) is 0 Å². The van der Waals surface area contributed by atoms with Gasteiger partial charge >= 0.3 is 5.97 Å². The van der Waals surface area contributed by atoms with E-state index in [1.165, 1.54) is 12.1 Å². The van der Waals surface area contributed by atoms with Gasteiger partial charge in [0.05, 0.1) is 11.3 Å². The average molecular weight is 475 g/mol. The zero-order chi connectivity index (χ0) is 24.6. The molecular weight excluding hydrogens is 458 g/mol. The van der Waals surface area contributed by atoms with E-state index in [-0.39, 0.29) is 11.5 Å². The number of furan rings is 1. The van der Waals surface area contributed by atoms with Gasteiger partial charge in [-0.05, 0) is 82.6 Å². The molecule has 1 aliphatic heterocycles. The van der Waals surface area contributed by atoms with E-state index >= 15 is 0 Å². The second-order valence-corrected chi connectivity index (χ2v) is 8.16. The largest absolute Gasteiger partial charge is 0.478 e. The minimum absolute atomic E-state index is 0.147. The molecule has 3 aromatic carbocycles. The Kier molecular flexibility index (Phi) is 5.04. The number of anilines is 1. The van der Waals surface area contributed by atoms with Crippen molar-refractivity contribution >= 4 is 40.4 Å². The minimum Gasteiger partial charge on any atom is -0.478 e. The normalized spacial score (nSPS) is 14.6. The number of carboxylic acids is 1. The van der Waals surface area contributed by atoms with Crippen LogP contribution >= 0.6 is 0 Å². The third-order valence-electron chi connectivity index (χ3n) is 5.89. The Morgan fingerprint density at radius 1 is 0.861 bits per heavy atom. The molecule has 1 amide bonds. The van der Waals surface area contributed by atoms with Crippen molar-refractivity contribution in [1.82, 2.24) is 10.3 Å². The van der Waals surface area contributed by atoms with Crippen molar-refractivity contribution in [3.05, 3.63) is 113 Å². The molecule has 0 saturated heterocycles. The number of carbonyl (C=O) groups excluding carboxylic acids is 1. The van der Waals surface area contributed by atoms with Crippen LogP contribution in [0, 0.1) is 0 Å². The fraction of sp³-hybridized carbons (Fsp3) is 0. The van der Waals surface area contributed by atoms with E-state index in [1.807, 2.05) is 48.5 Å². The van der Waals surface area contributed by atoms with Gasteiger partial charge in [0.1, 0.15) is 22.6 Å². The maximum Gasteiger partial charge on any atom is 0.335 e. The van der Waals surface area contributed by atoms with Crippen LogP contribution in [0.1, 0.15) is 21.7 Å². The lowest BCUT2D eigenvalue weighted by atomic mass is 10.1. The fourth-order valence-corrected chi connectivity index (χ4v) is 4.12. The van der Waals surface area contributed by atoms with Gasteiger partial charge in [-0.2, -0.15) is 0 Å². The Morgan fingerprint density at radius 3 is 2.42 bits per heavy atom. The highest BCUT2D eigenvalue weighted by molar-refractivity contribution is 6.23. The van der Waals surface area contributed by atoms with E-state index in [9.17, 15) is 14.7 Å². The van der Waals surface area contributed by atoms with Gasteiger partial charge in [-0.25, -0.2) is 9.42 Å². The van der Waals surface area contributed by atoms with Crippen LogP contribution in [-0.2, 0) is 4.79 Å². The van der Waals surface area contributed by atoms with Gasteiger partial charge in [-0.15, -0.1) is 0 Å². The SMILES string of the molecule is O=C(O)c1ccc(N2C(=O)/C(=C/c3ccc(-c4ccc5nonc5c4)o3)C=C2c2ccccc2)cc1. The molecule has 2 aromatic heterocycles. The van der Waals surface area contributed by atoms with Crippen molar-refractivity contribution in [2.75, 3.05) is 4.90 Å². The Balaban J connectivity index is 1.37. The molecular formula is C28H17N3O5. The minimum atomic E-state index is -1.03. The van der Waals surface area contributed by atoms with Crippen molar-refractivity contribution in [2.45, 2.75) is 0 Å². The van der Waals surface area contributed by atoms with Gasteiger partial charge in [0.15, 0.2) is 0 Å². The fourth-order valence-electron chi connectivity index (χ4n) is 4.12. The monoisotopic (exact) mass is 475 g/mol. The molecule has 0 fully saturated rings. The summed E-state index contributed by atoms with van der Waals surface area (Å²) in [4.78, 5) is 26.4. The highest BCUT2D eigenvalue weighted by Gasteiger charge is 2.30. The first-order valence-corrected chi connectivity index (χ1v) is 11.1. The van der Waals surface area contributed by atoms with E-state index in [0.29, 0.717) is 39.5 Å². The lowest BCUT2D eigenvalue weighted by molar-refractivity contribution is -0.113. The third kappa shape index (κ3) is 3.76. The van der Waals surface area contributed by atoms with Crippen LogP contribution in [0.25, 0.3) is 34.1 Å². The molecule has 0 spiro atoms. The standard InChI is InChI=1S/C28H17N3O5/c32-27-20(14-22-11-13-26(35-22)19-8-12-23-24(15-19)30-36-29-23)16-25(17-4-2-1-3-5-17)31(27)21-9-6-18(7-10-21)28(33)34/h1-16H,(H,33,34)/b20-14+. The summed E-state index contributed by atoms with van der Waals surface area (Å²) < 4.78 is 10.8. The number of hydrogen-bond donors (Lipinski definition) is 1. The number of aromatic carboxylic acids is 1. The number of hydrogen-bond acceptors (Lipinski definition) is 6. The zero-order valence-corrected chi connectivity index (χ0v) is 18.7. The summed E-state index contributed by atoms with van der Waals surface area (Å²) in [7, 11) is 0. The summed E-state index contributed by atoms with van der Waals surface area (Å²) in [5.74, 6) is -0.143. The molecule has 0 aliphatic carbocycles. The predicted octanol–water partition coefficient (Wildman–Crippen LogP) is 5.65. The number of rotatable bonds is 5. The maximum atomic E-state index is 13.5. The van der Waals surface area contributed by atoms with Gasteiger partial charge in [-0.1, -0.05) is 30.3 Å². The summed E-state index contributed by atoms with van der Waals surface area (Å²) in [6.45, 7) is 0. The average Bonchev–Trinajstić information content (AvgIpc) is 3.64. The molecule has 0 saturated carbocycles. The van der Waals surface area contributed by atoms with Crippen molar-refractivity contribution in [2.24, 2.45) is 0 Å². The van der Waals surface area contributed by atoms with Crippen LogP contribution in [0.4, 0.5) is 5.69 Å². The molecule has 36 heavy (non-hydrogen) atoms. The molecule has 1 N–H and O–H groups in total. The molecule has 0 radical (unpaired) electrons. The Morgan fingerprint density at radius 2 is 1.64 bits per heavy atom. The molecule has 5 aromatic rings. The summed E-state index contributed by atoms with van der Waals surface area (Å²) in [6, 6.07) is 24.8. The first kappa shape index (κ1) is 21.3. The molecule has 8 heteroatoms. The van der Waals surface area contributed by atoms with Crippen molar-refractivity contribution in [3.63, 3.8) is 0 Å². The van der Waals surface area contributed by atoms with E-state index < -0.39 is 5.97 Å². The van der Waals surface area contributed by atoms with E-state index in [2.05, 4.69) is 10.3 Å². The number of fused-ring (bicyclic) bond motifs is 1. The molecule has 1 aliphatic rings. The van der Waals surface area contributed by atoms with E-state index in [1.54, 1.807) is 41.3 Å². The summed E-state index contributed by atoms with van der Waals surface area (Å²) in [5.41, 5.74) is 4.77. The van der Waals surface area contributed by atoms with Gasteiger partial charge in [0.25, 0.3) is 5.91 Å². The topological polar surface area (TPSA) is 110 Å². The van der Waals surface area contributed by atoms with Crippen LogP contribution in [-0.4, -0.2) is 27.3 Å². The highest BCUT2D eigenvalue weighted by atomic mass is 16.6. The molecule has 0 atom stereocenters. The smallest absolute Gasteiger partial charge is 0.335 e. The summed E-state index contributed by atoms with van der Waals surface area (Å²) in [6.07, 6.45) is 3.49. The first-order valence-electron chi connectivity index (χ1n) is 11.1. The van der Waals surface area contributed by atoms with Crippen molar-refractivity contribution in [3.8, 4) is 11.3 Å². The summed E-state index contributed by atoms with van der Waals surface area (Å²) >= 11 is 0. The summed E-state index contributed by atoms with van der Waals surface area (Å²) in [5, 5.41) is 16.9. The maximum absolute atomic E-state index is 13.5. The molecule has 6 rings (SSSR count). The van der Waals surface area contributed by atoms with Crippen LogP contribution < -0.4 is 4.90 Å². The quantitative estimate of drug-likeness (QED) is 0.327. The molecule has 0 unspecified atom stereocenters. The first-order chi connectivity index (χ1) is 17.6. The zero-order valence-electron chi connectivity index (χ0n) is 18.7. The predicted molar refractivity (Wildman–Crippen MR) is 133 cm³/mol. The van der Waals surface area contributed by atoms with Gasteiger partial charge in [-0.3, -0.25) is 9.69 Å². The number of carbonyl (C=O) groups is 2. The van der Waals surface area contributed by atoms with E-state index in [0.717, 1.165) is 11.1 Å². The number of carboxylic acid groups (broad SMARTS) is 1. The third-order valence-corrected chi connectivity index (χ3v) is 5.89. The molecule has 174 valence electrons. The number of nitrogens with zero attached hydrogens (tertiary/aromatic N) is 3. The second-order valence-electron chi connectivity index (χ2n) is 8.16. The second kappa shape index (κ2) is 8.52. The lowest BCUT2D eigenvalue weighted by Crippen LogP contribution is -2.25. The molecule has 8 nitrogen and oxygen atoms in total. The highest BCUT2D eigenvalue weighted by Crippen LogP contribution is 2.36. The Hall–Kier alpha value is -5.24. The molecule has 0 bridgehead atoms. The Bertz CT molecular complexity index is 1680. The van der Waals surface area contributed by atoms with Crippen LogP contribution in [0.3, 0.4) is 0 Å². The van der Waals surface area contributed by atoms with E-state index in [4.69, 9.17) is 9.05 Å². The lowest BCUT2D eigenvalue weighted by Gasteiger charge is -2.21. The van der Waals surface area contributed by atoms with Gasteiger partial charge < -0.3 is 9.52 Å². The van der Waals surface area contributed by atoms with Crippen LogP contribution in [0.2, 0.25) is 0 Å².